The molecule has 4 N–H and O–H groups in total. The van der Waals surface area contributed by atoms with Crippen LogP contribution in [0.4, 0.5) is 4.79 Å². The van der Waals surface area contributed by atoms with E-state index in [9.17, 15) is 27.6 Å². The van der Waals surface area contributed by atoms with E-state index in [1.165, 1.54) is 4.90 Å². The van der Waals surface area contributed by atoms with Crippen molar-refractivity contribution in [2.45, 2.75) is 18.6 Å². The molecule has 2 heterocycles. The van der Waals surface area contributed by atoms with Gasteiger partial charge in [0.25, 0.3) is 5.91 Å². The Hall–Kier alpha value is -2.19. The standard InChI is InChI=1S/C16H19N5O7S.Na.H/c22-9-18-14(20-6-5-17-16(20)25)11-4-2-1-3-10(11)7-13(23)19-12-8-21(15(12)24)29(26,27)28;;/h1-4,9,12,14H,5-8H2,(H,17,25)(H,18,22)(H,19,23)(H,26,27,28);;/q;+1;-1. The van der Waals surface area contributed by atoms with Crippen molar-refractivity contribution in [1.29, 1.82) is 0 Å². The Morgan fingerprint density at radius 2 is 2.07 bits per heavy atom. The third kappa shape index (κ3) is 5.10. The second kappa shape index (κ2) is 9.75. The molecule has 2 unspecified atom stereocenters. The number of benzene rings is 1. The van der Waals surface area contributed by atoms with Crippen LogP contribution in [0.25, 0.3) is 0 Å². The summed E-state index contributed by atoms with van der Waals surface area (Å²) >= 11 is 0. The van der Waals surface area contributed by atoms with E-state index in [4.69, 9.17) is 4.55 Å². The van der Waals surface area contributed by atoms with Crippen LogP contribution in [0.1, 0.15) is 18.7 Å². The van der Waals surface area contributed by atoms with Crippen molar-refractivity contribution in [1.82, 2.24) is 25.2 Å². The molecule has 12 nitrogen and oxygen atoms in total. The molecule has 1 aromatic carbocycles. The maximum atomic E-state index is 12.4. The van der Waals surface area contributed by atoms with E-state index in [0.717, 1.165) is 0 Å². The van der Waals surface area contributed by atoms with Crippen molar-refractivity contribution in [3.8, 4) is 0 Å². The first-order valence-electron chi connectivity index (χ1n) is 8.62. The molecule has 1 aromatic rings. The number of hydrogen-bond donors (Lipinski definition) is 4. The van der Waals surface area contributed by atoms with Crippen LogP contribution in [0.3, 0.4) is 0 Å². The van der Waals surface area contributed by atoms with Gasteiger partial charge in [-0.3, -0.25) is 23.8 Å². The molecule has 2 atom stereocenters. The van der Waals surface area contributed by atoms with Crippen molar-refractivity contribution < 1.29 is 63.1 Å². The van der Waals surface area contributed by atoms with Crippen LogP contribution in [0.15, 0.2) is 24.3 Å². The van der Waals surface area contributed by atoms with Gasteiger partial charge in [-0.2, -0.15) is 8.42 Å². The number of urea groups is 1. The van der Waals surface area contributed by atoms with Gasteiger partial charge in [-0.15, -0.1) is 0 Å². The average molecular weight is 449 g/mol. The fraction of sp³-hybridized carbons (Fsp3) is 0.375. The van der Waals surface area contributed by atoms with E-state index in [1.54, 1.807) is 24.3 Å². The Bertz CT molecular complexity index is 963. The summed E-state index contributed by atoms with van der Waals surface area (Å²) < 4.78 is 31.0. The topological polar surface area (TPSA) is 165 Å². The quantitative estimate of drug-likeness (QED) is 0.134. The number of carbonyl (C=O) groups excluding carboxylic acids is 4. The number of amides is 5. The van der Waals surface area contributed by atoms with E-state index < -0.39 is 34.3 Å². The molecule has 3 rings (SSSR count). The third-order valence-corrected chi connectivity index (χ3v) is 5.52. The first-order valence-corrected chi connectivity index (χ1v) is 10.0. The Morgan fingerprint density at radius 3 is 2.63 bits per heavy atom. The summed E-state index contributed by atoms with van der Waals surface area (Å²) in [5.41, 5.74) is 1.05. The molecule has 0 aliphatic carbocycles. The normalized spacial score (nSPS) is 19.3. The predicted octanol–water partition coefficient (Wildman–Crippen LogP) is -4.75. The first-order chi connectivity index (χ1) is 13.7. The fourth-order valence-corrected chi connectivity index (χ4v) is 3.93. The molecule has 0 aromatic heterocycles. The minimum Gasteiger partial charge on any atom is -1.00 e. The van der Waals surface area contributed by atoms with Gasteiger partial charge in [-0.05, 0) is 11.1 Å². The number of carbonyl (C=O) groups is 4. The summed E-state index contributed by atoms with van der Waals surface area (Å²) in [7, 11) is -4.63. The van der Waals surface area contributed by atoms with Crippen LogP contribution in [0.5, 0.6) is 0 Å². The fourth-order valence-electron chi connectivity index (χ4n) is 3.24. The summed E-state index contributed by atoms with van der Waals surface area (Å²) in [5.74, 6) is -1.48. The molecule has 158 valence electrons. The molecule has 0 saturated carbocycles. The molecule has 2 aliphatic rings. The Kier molecular flexibility index (Phi) is 7.82. The number of nitrogens with one attached hydrogen (secondary N) is 3. The third-order valence-electron chi connectivity index (χ3n) is 4.63. The number of hydrogen-bond acceptors (Lipinski definition) is 6. The van der Waals surface area contributed by atoms with Crippen molar-refractivity contribution in [2.75, 3.05) is 19.6 Å². The summed E-state index contributed by atoms with van der Waals surface area (Å²) in [4.78, 5) is 48.6. The van der Waals surface area contributed by atoms with Gasteiger partial charge in [0, 0.05) is 13.1 Å². The van der Waals surface area contributed by atoms with Crippen LogP contribution in [-0.4, -0.2) is 72.1 Å². The van der Waals surface area contributed by atoms with Crippen LogP contribution in [0, 0.1) is 0 Å². The van der Waals surface area contributed by atoms with Gasteiger partial charge in [0.05, 0.1) is 13.0 Å². The van der Waals surface area contributed by atoms with Crippen molar-refractivity contribution >= 4 is 34.6 Å². The van der Waals surface area contributed by atoms with Crippen molar-refractivity contribution in [3.63, 3.8) is 0 Å². The van der Waals surface area contributed by atoms with Gasteiger partial charge in [0.15, 0.2) is 0 Å². The molecule has 0 radical (unpaired) electrons. The zero-order valence-electron chi connectivity index (χ0n) is 17.1. The van der Waals surface area contributed by atoms with Gasteiger partial charge >= 0.3 is 45.9 Å². The molecule has 14 heteroatoms. The van der Waals surface area contributed by atoms with Crippen LogP contribution >= 0.6 is 0 Å². The smallest absolute Gasteiger partial charge is 1.00 e. The Balaban J connectivity index is 0.00000240. The minimum atomic E-state index is -4.63. The van der Waals surface area contributed by atoms with Gasteiger partial charge in [-0.25, -0.2) is 9.10 Å². The van der Waals surface area contributed by atoms with Gasteiger partial charge < -0.3 is 17.4 Å². The largest absolute Gasteiger partial charge is 1.00 e. The van der Waals surface area contributed by atoms with E-state index in [1.807, 2.05) is 0 Å². The van der Waals surface area contributed by atoms with Gasteiger partial charge in [0.1, 0.15) is 12.2 Å². The SMILES string of the molecule is O=CNC(c1ccccc1CC(=O)NC1CN(S(=O)(=O)O)C1=O)N1CCNC1=O.[H-].[Na+]. The number of nitrogens with zero attached hydrogens (tertiary/aromatic N) is 2. The number of rotatable bonds is 8. The monoisotopic (exact) mass is 449 g/mol. The second-order valence-corrected chi connectivity index (χ2v) is 7.79. The van der Waals surface area contributed by atoms with Crippen molar-refractivity contribution in [2.24, 2.45) is 0 Å². The molecule has 30 heavy (non-hydrogen) atoms. The summed E-state index contributed by atoms with van der Waals surface area (Å²) in [6.45, 7) is 0.438. The van der Waals surface area contributed by atoms with Crippen LogP contribution in [0.2, 0.25) is 0 Å². The van der Waals surface area contributed by atoms with E-state index in [-0.39, 0.29) is 54.3 Å². The zero-order valence-corrected chi connectivity index (χ0v) is 18.9. The molecule has 2 fully saturated rings. The molecule has 2 saturated heterocycles. The van der Waals surface area contributed by atoms with Crippen molar-refractivity contribution in [3.05, 3.63) is 35.4 Å². The Morgan fingerprint density at radius 1 is 1.37 bits per heavy atom. The molecular weight excluding hydrogens is 429 g/mol. The van der Waals surface area contributed by atoms with Gasteiger partial charge in [-0.1, -0.05) is 24.3 Å². The average Bonchev–Trinajstić information content (AvgIpc) is 3.08. The molecule has 0 bridgehead atoms. The van der Waals surface area contributed by atoms with E-state index >= 15 is 0 Å². The second-order valence-electron chi connectivity index (χ2n) is 6.46. The zero-order chi connectivity index (χ0) is 21.2. The van der Waals surface area contributed by atoms with E-state index in [0.29, 0.717) is 30.6 Å². The molecule has 0 spiro atoms. The summed E-state index contributed by atoms with van der Waals surface area (Å²) in [5, 5.41) is 7.62. The maximum Gasteiger partial charge on any atom is 1.00 e. The van der Waals surface area contributed by atoms with E-state index in [2.05, 4.69) is 16.0 Å². The summed E-state index contributed by atoms with van der Waals surface area (Å²) in [6, 6.07) is 5.30. The summed E-state index contributed by atoms with van der Waals surface area (Å²) in [6.07, 6.45) is -0.484. The number of β-lactam (4-membered cyclic amide) rings is 1. The first kappa shape index (κ1) is 24.1. The molecule has 5 amide bonds. The maximum absolute atomic E-state index is 12.4. The molecule has 2 aliphatic heterocycles. The van der Waals surface area contributed by atoms with Crippen LogP contribution in [-0.2, 0) is 31.1 Å². The molecular formula is C16H20N5NaO7S. The van der Waals surface area contributed by atoms with Crippen LogP contribution < -0.4 is 45.5 Å². The minimum absolute atomic E-state index is 0. The van der Waals surface area contributed by atoms with Gasteiger partial charge in [0.2, 0.25) is 12.3 Å². The predicted molar refractivity (Wildman–Crippen MR) is 98.5 cm³/mol. The Labute approximate surface area is 196 Å².